The Balaban J connectivity index is 1.60. The van der Waals surface area contributed by atoms with Gasteiger partial charge in [0.25, 0.3) is 0 Å². The Hall–Kier alpha value is -1.96. The first kappa shape index (κ1) is 26.1. The summed E-state index contributed by atoms with van der Waals surface area (Å²) in [4.78, 5) is 48.8. The van der Waals surface area contributed by atoms with E-state index in [9.17, 15) is 24.3 Å². The van der Waals surface area contributed by atoms with Crippen LogP contribution in [0, 0.1) is 34.5 Å². The van der Waals surface area contributed by atoms with Gasteiger partial charge >= 0.3 is 17.9 Å². The number of rotatable bonds is 5. The normalized spacial score (nSPS) is 43.3. The van der Waals surface area contributed by atoms with Gasteiger partial charge in [-0.3, -0.25) is 19.2 Å². The smallest absolute Gasteiger partial charge is 0.303 e. The van der Waals surface area contributed by atoms with Crippen LogP contribution in [0.1, 0.15) is 86.0 Å². The SMILES string of the molecule is CC(=O)OC[C@H](OC(C)=O)[C@@]1(O)CC[C@H]2[C@@H]3CC[C@H]4C[C@H](OC(C)=O)CC[C@]4(C)[C@H]3C(=O)C[C@@]21C. The standard InChI is InChI=1S/C27H40O8/c1-15(28)33-14-23(35-17(3)30)27(32)11-9-21-20-7-6-18-12-19(34-16(2)29)8-10-25(18,4)24(20)22(31)13-26(21,27)5/h18-21,23-24,32H,6-14H2,1-5H3/t18-,19+,20-,21-,23-,24+,25-,26-,27-/m0/s1. The molecule has 1 N–H and O–H groups in total. The highest BCUT2D eigenvalue weighted by atomic mass is 16.6. The lowest BCUT2D eigenvalue weighted by molar-refractivity contribution is -0.211. The minimum Gasteiger partial charge on any atom is -0.463 e. The molecule has 0 amide bonds. The maximum Gasteiger partial charge on any atom is 0.303 e. The van der Waals surface area contributed by atoms with Crippen LogP contribution in [0.4, 0.5) is 0 Å². The summed E-state index contributed by atoms with van der Waals surface area (Å²) in [6.07, 6.45) is 4.51. The van der Waals surface area contributed by atoms with E-state index in [4.69, 9.17) is 14.2 Å². The van der Waals surface area contributed by atoms with Gasteiger partial charge in [-0.1, -0.05) is 13.8 Å². The van der Waals surface area contributed by atoms with Crippen LogP contribution in [-0.4, -0.2) is 53.2 Å². The number of ether oxygens (including phenoxy) is 3. The van der Waals surface area contributed by atoms with E-state index < -0.39 is 29.1 Å². The number of esters is 3. The van der Waals surface area contributed by atoms with Gasteiger partial charge in [0, 0.05) is 38.5 Å². The number of carbonyl (C=O) groups excluding carboxylic acids is 4. The number of ketones is 1. The molecule has 0 aromatic heterocycles. The first-order valence-corrected chi connectivity index (χ1v) is 13.0. The summed E-state index contributed by atoms with van der Waals surface area (Å²) in [6, 6.07) is 0. The summed E-state index contributed by atoms with van der Waals surface area (Å²) in [5.41, 5.74) is -2.38. The molecule has 0 bridgehead atoms. The maximum atomic E-state index is 13.9. The molecule has 4 saturated carbocycles. The van der Waals surface area contributed by atoms with E-state index in [0.717, 1.165) is 38.5 Å². The second-order valence-electron chi connectivity index (χ2n) is 12.0. The second kappa shape index (κ2) is 9.16. The van der Waals surface area contributed by atoms with Gasteiger partial charge in [-0.05, 0) is 68.1 Å². The Morgan fingerprint density at radius 3 is 2.34 bits per heavy atom. The number of aliphatic hydroxyl groups is 1. The molecule has 0 aromatic carbocycles. The van der Waals surface area contributed by atoms with Crippen LogP contribution in [0.3, 0.4) is 0 Å². The molecule has 4 rings (SSSR count). The lowest BCUT2D eigenvalue weighted by Crippen LogP contribution is -2.63. The summed E-state index contributed by atoms with van der Waals surface area (Å²) < 4.78 is 16.2. The highest BCUT2D eigenvalue weighted by Gasteiger charge is 2.69. The van der Waals surface area contributed by atoms with Crippen molar-refractivity contribution in [3.63, 3.8) is 0 Å². The third-order valence-corrected chi connectivity index (χ3v) is 10.1. The second-order valence-corrected chi connectivity index (χ2v) is 12.0. The fourth-order valence-electron chi connectivity index (χ4n) is 8.60. The van der Waals surface area contributed by atoms with E-state index in [1.165, 1.54) is 20.8 Å². The van der Waals surface area contributed by atoms with Gasteiger partial charge in [0.2, 0.25) is 0 Å². The number of hydrogen-bond acceptors (Lipinski definition) is 8. The monoisotopic (exact) mass is 492 g/mol. The molecule has 0 aromatic rings. The van der Waals surface area contributed by atoms with Crippen molar-refractivity contribution in [1.82, 2.24) is 0 Å². The molecule has 0 radical (unpaired) electrons. The van der Waals surface area contributed by atoms with Crippen molar-refractivity contribution in [2.24, 2.45) is 34.5 Å². The van der Waals surface area contributed by atoms with Crippen molar-refractivity contribution in [2.75, 3.05) is 6.61 Å². The Morgan fingerprint density at radius 1 is 1.00 bits per heavy atom. The predicted molar refractivity (Wildman–Crippen MR) is 125 cm³/mol. The highest BCUT2D eigenvalue weighted by molar-refractivity contribution is 5.84. The summed E-state index contributed by atoms with van der Waals surface area (Å²) >= 11 is 0. The molecule has 9 atom stereocenters. The van der Waals surface area contributed by atoms with E-state index in [0.29, 0.717) is 12.3 Å². The zero-order chi connectivity index (χ0) is 25.8. The number of hydrogen-bond donors (Lipinski definition) is 1. The van der Waals surface area contributed by atoms with Crippen LogP contribution in [0.15, 0.2) is 0 Å². The van der Waals surface area contributed by atoms with Crippen molar-refractivity contribution in [3.05, 3.63) is 0 Å². The topological polar surface area (TPSA) is 116 Å². The molecule has 4 aliphatic rings. The van der Waals surface area contributed by atoms with Crippen molar-refractivity contribution >= 4 is 23.7 Å². The van der Waals surface area contributed by atoms with Crippen molar-refractivity contribution in [2.45, 2.75) is 104 Å². The molecule has 0 heterocycles. The van der Waals surface area contributed by atoms with Crippen LogP contribution in [0.2, 0.25) is 0 Å². The minimum atomic E-state index is -1.45. The molecule has 4 fully saturated rings. The summed E-state index contributed by atoms with van der Waals surface area (Å²) in [5, 5.41) is 12.0. The predicted octanol–water partition coefficient (Wildman–Crippen LogP) is 3.37. The fraction of sp³-hybridized carbons (Fsp3) is 0.852. The van der Waals surface area contributed by atoms with Gasteiger partial charge in [-0.25, -0.2) is 0 Å². The van der Waals surface area contributed by atoms with Gasteiger partial charge in [0.05, 0.1) is 0 Å². The summed E-state index contributed by atoms with van der Waals surface area (Å²) in [6.45, 7) is 7.96. The van der Waals surface area contributed by atoms with Crippen LogP contribution in [0.25, 0.3) is 0 Å². The molecular formula is C27H40O8. The summed E-state index contributed by atoms with van der Waals surface area (Å²) in [5.74, 6) is -0.655. The molecule has 8 nitrogen and oxygen atoms in total. The van der Waals surface area contributed by atoms with E-state index in [1.54, 1.807) is 0 Å². The van der Waals surface area contributed by atoms with Crippen LogP contribution in [-0.2, 0) is 33.4 Å². The van der Waals surface area contributed by atoms with E-state index in [-0.39, 0.29) is 54.1 Å². The molecule has 0 aliphatic heterocycles. The largest absolute Gasteiger partial charge is 0.463 e. The third-order valence-electron chi connectivity index (χ3n) is 10.1. The van der Waals surface area contributed by atoms with Crippen LogP contribution in [0.5, 0.6) is 0 Å². The van der Waals surface area contributed by atoms with E-state index >= 15 is 0 Å². The highest BCUT2D eigenvalue weighted by Crippen LogP contribution is 2.68. The quantitative estimate of drug-likeness (QED) is 0.459. The van der Waals surface area contributed by atoms with Crippen molar-refractivity contribution < 1.29 is 38.5 Å². The van der Waals surface area contributed by atoms with Gasteiger partial charge < -0.3 is 19.3 Å². The van der Waals surface area contributed by atoms with Crippen molar-refractivity contribution in [1.29, 1.82) is 0 Å². The minimum absolute atomic E-state index is 0.0755. The molecule has 0 spiro atoms. The fourth-order valence-corrected chi connectivity index (χ4v) is 8.60. The maximum absolute atomic E-state index is 13.9. The zero-order valence-corrected chi connectivity index (χ0v) is 21.6. The Kier molecular flexibility index (Phi) is 6.84. The average Bonchev–Trinajstić information content (AvgIpc) is 3.01. The lowest BCUT2D eigenvalue weighted by atomic mass is 9.44. The van der Waals surface area contributed by atoms with Crippen LogP contribution >= 0.6 is 0 Å². The molecule has 35 heavy (non-hydrogen) atoms. The Labute approximate surface area is 207 Å². The lowest BCUT2D eigenvalue weighted by Gasteiger charge is -2.61. The number of Topliss-reactive ketones (excluding diaryl/α,β-unsaturated/α-hetero) is 1. The van der Waals surface area contributed by atoms with Gasteiger partial charge in [-0.15, -0.1) is 0 Å². The van der Waals surface area contributed by atoms with E-state index in [1.807, 2.05) is 6.92 Å². The molecule has 4 aliphatic carbocycles. The van der Waals surface area contributed by atoms with Crippen LogP contribution < -0.4 is 0 Å². The molecule has 196 valence electrons. The molecule has 0 saturated heterocycles. The first-order chi connectivity index (χ1) is 16.3. The van der Waals surface area contributed by atoms with Crippen molar-refractivity contribution in [3.8, 4) is 0 Å². The third kappa shape index (κ3) is 4.30. The van der Waals surface area contributed by atoms with Gasteiger partial charge in [0.1, 0.15) is 24.1 Å². The summed E-state index contributed by atoms with van der Waals surface area (Å²) in [7, 11) is 0. The van der Waals surface area contributed by atoms with Gasteiger partial charge in [-0.2, -0.15) is 0 Å². The Bertz CT molecular complexity index is 900. The average molecular weight is 493 g/mol. The van der Waals surface area contributed by atoms with E-state index in [2.05, 4.69) is 6.92 Å². The Morgan fingerprint density at radius 2 is 1.71 bits per heavy atom. The molecular weight excluding hydrogens is 452 g/mol. The first-order valence-electron chi connectivity index (χ1n) is 13.0. The number of carbonyl (C=O) groups is 4. The molecule has 8 heteroatoms. The zero-order valence-electron chi connectivity index (χ0n) is 21.6. The number of fused-ring (bicyclic) bond motifs is 5. The molecule has 0 unspecified atom stereocenters. The van der Waals surface area contributed by atoms with Gasteiger partial charge in [0.15, 0.2) is 6.10 Å².